The molecule has 0 unspecified atom stereocenters. The number of nitrogens with one attached hydrogen (secondary N) is 1. The predicted molar refractivity (Wildman–Crippen MR) is 78.1 cm³/mol. The molecular weight excluding hydrogens is 349 g/mol. The Morgan fingerprint density at radius 1 is 1.29 bits per heavy atom. The largest absolute Gasteiger partial charge is 0.416 e. The van der Waals surface area contributed by atoms with E-state index >= 15 is 0 Å². The van der Waals surface area contributed by atoms with E-state index in [1.807, 2.05) is 0 Å². The Labute approximate surface area is 129 Å². The second-order valence-corrected chi connectivity index (χ2v) is 6.24. The SMILES string of the molecule is CC1CCN(C(=O)Nc2cc(Br)cc(C(F)(F)F)c2)CC1. The Kier molecular flexibility index (Phi) is 4.81. The first-order valence-electron chi connectivity index (χ1n) is 6.69. The average Bonchev–Trinajstić information content (AvgIpc) is 2.37. The fourth-order valence-electron chi connectivity index (χ4n) is 2.24. The first kappa shape index (κ1) is 16.1. The van der Waals surface area contributed by atoms with E-state index in [0.29, 0.717) is 19.0 Å². The molecule has 1 aliphatic rings. The van der Waals surface area contributed by atoms with Crippen molar-refractivity contribution in [2.24, 2.45) is 5.92 Å². The zero-order chi connectivity index (χ0) is 15.6. The molecule has 2 amide bonds. The van der Waals surface area contributed by atoms with Crippen LogP contribution < -0.4 is 5.32 Å². The molecule has 0 radical (unpaired) electrons. The van der Waals surface area contributed by atoms with Gasteiger partial charge < -0.3 is 10.2 Å². The lowest BCUT2D eigenvalue weighted by atomic mass is 10.00. The van der Waals surface area contributed by atoms with Gasteiger partial charge in [-0.2, -0.15) is 13.2 Å². The summed E-state index contributed by atoms with van der Waals surface area (Å²) in [7, 11) is 0. The van der Waals surface area contributed by atoms with E-state index in [2.05, 4.69) is 28.2 Å². The molecule has 116 valence electrons. The number of halogens is 4. The first-order valence-corrected chi connectivity index (χ1v) is 7.49. The lowest BCUT2D eigenvalue weighted by molar-refractivity contribution is -0.137. The summed E-state index contributed by atoms with van der Waals surface area (Å²) < 4.78 is 38.5. The number of nitrogens with zero attached hydrogens (tertiary/aromatic N) is 1. The van der Waals surface area contributed by atoms with Gasteiger partial charge in [-0.1, -0.05) is 22.9 Å². The van der Waals surface area contributed by atoms with Gasteiger partial charge >= 0.3 is 12.2 Å². The van der Waals surface area contributed by atoms with Crippen LogP contribution in [-0.4, -0.2) is 24.0 Å². The number of hydrogen-bond donors (Lipinski definition) is 1. The highest BCUT2D eigenvalue weighted by Crippen LogP contribution is 2.33. The van der Waals surface area contributed by atoms with Crippen molar-refractivity contribution in [3.63, 3.8) is 0 Å². The van der Waals surface area contributed by atoms with Crippen LogP contribution in [-0.2, 0) is 6.18 Å². The molecule has 0 aromatic heterocycles. The molecule has 0 aliphatic carbocycles. The zero-order valence-electron chi connectivity index (χ0n) is 11.5. The van der Waals surface area contributed by atoms with E-state index in [1.54, 1.807) is 4.90 Å². The molecule has 1 aromatic rings. The van der Waals surface area contributed by atoms with Gasteiger partial charge in [0.15, 0.2) is 0 Å². The number of carbonyl (C=O) groups is 1. The number of alkyl halides is 3. The van der Waals surface area contributed by atoms with Crippen LogP contribution in [0.25, 0.3) is 0 Å². The minimum absolute atomic E-state index is 0.139. The van der Waals surface area contributed by atoms with Gasteiger partial charge in [0.2, 0.25) is 0 Å². The Morgan fingerprint density at radius 3 is 2.48 bits per heavy atom. The van der Waals surface area contributed by atoms with Crippen LogP contribution in [0.3, 0.4) is 0 Å². The van der Waals surface area contributed by atoms with E-state index in [4.69, 9.17) is 0 Å². The second kappa shape index (κ2) is 6.25. The summed E-state index contributed by atoms with van der Waals surface area (Å²) in [4.78, 5) is 13.7. The average molecular weight is 365 g/mol. The summed E-state index contributed by atoms with van der Waals surface area (Å²) in [6.45, 7) is 3.39. The van der Waals surface area contributed by atoms with E-state index in [0.717, 1.165) is 25.0 Å². The van der Waals surface area contributed by atoms with Crippen molar-refractivity contribution in [3.8, 4) is 0 Å². The summed E-state index contributed by atoms with van der Waals surface area (Å²) in [5, 5.41) is 2.54. The van der Waals surface area contributed by atoms with Gasteiger partial charge in [0.05, 0.1) is 5.56 Å². The maximum absolute atomic E-state index is 12.7. The minimum atomic E-state index is -4.44. The molecule has 1 aliphatic heterocycles. The third kappa shape index (κ3) is 4.36. The number of likely N-dealkylation sites (tertiary alicyclic amines) is 1. The number of benzene rings is 1. The number of urea groups is 1. The first-order chi connectivity index (χ1) is 9.75. The number of amides is 2. The van der Waals surface area contributed by atoms with Crippen molar-refractivity contribution in [3.05, 3.63) is 28.2 Å². The molecule has 0 spiro atoms. The molecule has 1 N–H and O–H groups in total. The summed E-state index contributed by atoms with van der Waals surface area (Å²) in [6.07, 6.45) is -2.61. The number of hydrogen-bond acceptors (Lipinski definition) is 1. The van der Waals surface area contributed by atoms with Gasteiger partial charge in [0, 0.05) is 23.2 Å². The molecule has 1 heterocycles. The number of carbonyl (C=O) groups excluding carboxylic acids is 1. The van der Waals surface area contributed by atoms with Crippen LogP contribution in [0.2, 0.25) is 0 Å². The van der Waals surface area contributed by atoms with E-state index in [1.165, 1.54) is 6.07 Å². The summed E-state index contributed by atoms with van der Waals surface area (Å²) in [6, 6.07) is 3.03. The standard InChI is InChI=1S/C14H16BrF3N2O/c1-9-2-4-20(5-3-9)13(21)19-12-7-10(14(16,17)18)6-11(15)8-12/h6-9H,2-5H2,1H3,(H,19,21). The highest BCUT2D eigenvalue weighted by Gasteiger charge is 2.31. The smallest absolute Gasteiger partial charge is 0.325 e. The monoisotopic (exact) mass is 364 g/mol. The van der Waals surface area contributed by atoms with Crippen molar-refractivity contribution in [1.82, 2.24) is 4.90 Å². The normalized spacial score (nSPS) is 16.9. The topological polar surface area (TPSA) is 32.3 Å². The van der Waals surface area contributed by atoms with Crippen molar-refractivity contribution >= 4 is 27.6 Å². The number of rotatable bonds is 1. The van der Waals surface area contributed by atoms with E-state index < -0.39 is 11.7 Å². The van der Waals surface area contributed by atoms with Gasteiger partial charge in [-0.05, 0) is 37.0 Å². The third-order valence-electron chi connectivity index (χ3n) is 3.55. The number of anilines is 1. The molecule has 1 fully saturated rings. The maximum Gasteiger partial charge on any atom is 0.416 e. The Hall–Kier alpha value is -1.24. The predicted octanol–water partition coefficient (Wildman–Crippen LogP) is 4.73. The Bertz CT molecular complexity index is 525. The molecule has 1 aromatic carbocycles. The van der Waals surface area contributed by atoms with Crippen molar-refractivity contribution in [2.75, 3.05) is 18.4 Å². The molecule has 3 nitrogen and oxygen atoms in total. The third-order valence-corrected chi connectivity index (χ3v) is 4.01. The molecular formula is C14H16BrF3N2O. The van der Waals surface area contributed by atoms with Gasteiger partial charge in [0.25, 0.3) is 0 Å². The van der Waals surface area contributed by atoms with Crippen LogP contribution in [0.4, 0.5) is 23.7 Å². The van der Waals surface area contributed by atoms with Crippen molar-refractivity contribution < 1.29 is 18.0 Å². The fourth-order valence-corrected chi connectivity index (χ4v) is 2.73. The van der Waals surface area contributed by atoms with Gasteiger partial charge in [0.1, 0.15) is 0 Å². The Morgan fingerprint density at radius 2 is 1.90 bits per heavy atom. The second-order valence-electron chi connectivity index (χ2n) is 5.33. The lowest BCUT2D eigenvalue weighted by Crippen LogP contribution is -2.40. The molecule has 1 saturated heterocycles. The van der Waals surface area contributed by atoms with Crippen molar-refractivity contribution in [1.29, 1.82) is 0 Å². The van der Waals surface area contributed by atoms with Crippen LogP contribution in [0.15, 0.2) is 22.7 Å². The Balaban J connectivity index is 2.09. The van der Waals surface area contributed by atoms with Crippen LogP contribution in [0.5, 0.6) is 0 Å². The van der Waals surface area contributed by atoms with Crippen LogP contribution >= 0.6 is 15.9 Å². The minimum Gasteiger partial charge on any atom is -0.325 e. The van der Waals surface area contributed by atoms with E-state index in [-0.39, 0.29) is 16.2 Å². The summed E-state index contributed by atoms with van der Waals surface area (Å²) in [5.41, 5.74) is -0.653. The molecule has 21 heavy (non-hydrogen) atoms. The van der Waals surface area contributed by atoms with Crippen LogP contribution in [0, 0.1) is 5.92 Å². The molecule has 0 bridgehead atoms. The molecule has 7 heteroatoms. The van der Waals surface area contributed by atoms with E-state index in [9.17, 15) is 18.0 Å². The lowest BCUT2D eigenvalue weighted by Gasteiger charge is -2.30. The molecule has 2 rings (SSSR count). The summed E-state index contributed by atoms with van der Waals surface area (Å²) in [5.74, 6) is 0.580. The quantitative estimate of drug-likeness (QED) is 0.767. The highest BCUT2D eigenvalue weighted by atomic mass is 79.9. The fraction of sp³-hybridized carbons (Fsp3) is 0.500. The van der Waals surface area contributed by atoms with Gasteiger partial charge in [-0.25, -0.2) is 4.79 Å². The van der Waals surface area contributed by atoms with Crippen LogP contribution in [0.1, 0.15) is 25.3 Å². The maximum atomic E-state index is 12.7. The van der Waals surface area contributed by atoms with Gasteiger partial charge in [-0.15, -0.1) is 0 Å². The molecule has 0 atom stereocenters. The van der Waals surface area contributed by atoms with Crippen molar-refractivity contribution in [2.45, 2.75) is 25.9 Å². The number of piperidine rings is 1. The summed E-state index contributed by atoms with van der Waals surface area (Å²) >= 11 is 3.03. The zero-order valence-corrected chi connectivity index (χ0v) is 13.1. The molecule has 0 saturated carbocycles. The highest BCUT2D eigenvalue weighted by molar-refractivity contribution is 9.10. The van der Waals surface area contributed by atoms with Gasteiger partial charge in [-0.3, -0.25) is 0 Å².